The molecule has 1 rings (SSSR count). The van der Waals surface area contributed by atoms with Crippen molar-refractivity contribution in [2.24, 2.45) is 0 Å². The predicted octanol–water partition coefficient (Wildman–Crippen LogP) is 1.76. The summed E-state index contributed by atoms with van der Waals surface area (Å²) in [5.41, 5.74) is 0.210. The topological polar surface area (TPSA) is 12.0 Å². The molecular weight excluding hydrogens is 134 g/mol. The third-order valence-corrected chi connectivity index (χ3v) is 2.76. The first kappa shape index (κ1) is 7.36. The maximum atomic E-state index is 5.96. The standard InChI is InChI=1S/C7H14ClN/c1-6(8)7(2)4-3-5-9-7/h6,9H,3-5H2,1-2H3. The SMILES string of the molecule is CC(Cl)C1(C)CCCN1. The Balaban J connectivity index is 2.51. The minimum Gasteiger partial charge on any atom is -0.310 e. The molecule has 0 aromatic rings. The molecule has 0 aromatic carbocycles. The molecule has 1 heterocycles. The van der Waals surface area contributed by atoms with Gasteiger partial charge in [0.15, 0.2) is 0 Å². The van der Waals surface area contributed by atoms with Crippen molar-refractivity contribution in [3.05, 3.63) is 0 Å². The van der Waals surface area contributed by atoms with Crippen LogP contribution in [-0.2, 0) is 0 Å². The van der Waals surface area contributed by atoms with E-state index >= 15 is 0 Å². The average Bonchev–Trinajstić information content (AvgIpc) is 2.16. The van der Waals surface area contributed by atoms with Crippen LogP contribution in [0.4, 0.5) is 0 Å². The minimum atomic E-state index is 0.210. The average molecular weight is 148 g/mol. The summed E-state index contributed by atoms with van der Waals surface area (Å²) in [7, 11) is 0. The van der Waals surface area contributed by atoms with Gasteiger partial charge in [0.25, 0.3) is 0 Å². The molecule has 0 aliphatic carbocycles. The van der Waals surface area contributed by atoms with Crippen molar-refractivity contribution in [2.45, 2.75) is 37.6 Å². The number of halogens is 1. The highest BCUT2D eigenvalue weighted by Gasteiger charge is 2.32. The normalized spacial score (nSPS) is 39.0. The van der Waals surface area contributed by atoms with E-state index < -0.39 is 0 Å². The Bertz CT molecular complexity index is 95.1. The van der Waals surface area contributed by atoms with E-state index in [2.05, 4.69) is 19.2 Å². The zero-order chi connectivity index (χ0) is 6.91. The van der Waals surface area contributed by atoms with Crippen molar-refractivity contribution in [3.8, 4) is 0 Å². The highest BCUT2D eigenvalue weighted by atomic mass is 35.5. The van der Waals surface area contributed by atoms with Crippen LogP contribution < -0.4 is 5.32 Å². The molecule has 0 spiro atoms. The summed E-state index contributed by atoms with van der Waals surface area (Å²) < 4.78 is 0. The van der Waals surface area contributed by atoms with E-state index in [4.69, 9.17) is 11.6 Å². The fourth-order valence-electron chi connectivity index (χ4n) is 1.26. The van der Waals surface area contributed by atoms with Crippen molar-refractivity contribution in [1.82, 2.24) is 5.32 Å². The summed E-state index contributed by atoms with van der Waals surface area (Å²) in [6, 6.07) is 0. The van der Waals surface area contributed by atoms with Crippen LogP contribution in [0.3, 0.4) is 0 Å². The van der Waals surface area contributed by atoms with Gasteiger partial charge in [0, 0.05) is 10.9 Å². The smallest absolute Gasteiger partial charge is 0.0486 e. The molecule has 1 aliphatic rings. The molecule has 0 saturated carbocycles. The van der Waals surface area contributed by atoms with Crippen LogP contribution >= 0.6 is 11.6 Å². The van der Waals surface area contributed by atoms with Gasteiger partial charge in [0.2, 0.25) is 0 Å². The Morgan fingerprint density at radius 2 is 2.33 bits per heavy atom. The molecule has 0 aromatic heterocycles. The van der Waals surface area contributed by atoms with Crippen LogP contribution in [0.1, 0.15) is 26.7 Å². The fraction of sp³-hybridized carbons (Fsp3) is 1.00. The van der Waals surface area contributed by atoms with E-state index in [9.17, 15) is 0 Å². The van der Waals surface area contributed by atoms with Crippen LogP contribution in [-0.4, -0.2) is 17.5 Å². The monoisotopic (exact) mass is 147 g/mol. The number of hydrogen-bond donors (Lipinski definition) is 1. The molecule has 1 saturated heterocycles. The Kier molecular flexibility index (Phi) is 2.02. The van der Waals surface area contributed by atoms with E-state index in [1.807, 2.05) is 0 Å². The van der Waals surface area contributed by atoms with Gasteiger partial charge in [0.1, 0.15) is 0 Å². The maximum Gasteiger partial charge on any atom is 0.0486 e. The van der Waals surface area contributed by atoms with E-state index in [-0.39, 0.29) is 10.9 Å². The second kappa shape index (κ2) is 2.47. The first-order chi connectivity index (χ1) is 4.15. The van der Waals surface area contributed by atoms with Gasteiger partial charge in [-0.05, 0) is 33.2 Å². The van der Waals surface area contributed by atoms with Gasteiger partial charge in [-0.25, -0.2) is 0 Å². The fourth-order valence-corrected chi connectivity index (χ4v) is 1.44. The minimum absolute atomic E-state index is 0.210. The zero-order valence-electron chi connectivity index (χ0n) is 6.08. The Morgan fingerprint density at radius 3 is 2.56 bits per heavy atom. The van der Waals surface area contributed by atoms with Crippen LogP contribution in [0.5, 0.6) is 0 Å². The van der Waals surface area contributed by atoms with Gasteiger partial charge in [-0.1, -0.05) is 0 Å². The van der Waals surface area contributed by atoms with Gasteiger partial charge in [-0.2, -0.15) is 0 Å². The Morgan fingerprint density at radius 1 is 1.67 bits per heavy atom. The van der Waals surface area contributed by atoms with Crippen molar-refractivity contribution in [1.29, 1.82) is 0 Å². The summed E-state index contributed by atoms with van der Waals surface area (Å²) in [6.45, 7) is 5.38. The molecule has 0 radical (unpaired) electrons. The van der Waals surface area contributed by atoms with Gasteiger partial charge >= 0.3 is 0 Å². The van der Waals surface area contributed by atoms with Gasteiger partial charge in [0.05, 0.1) is 0 Å². The van der Waals surface area contributed by atoms with E-state index in [1.54, 1.807) is 0 Å². The molecule has 9 heavy (non-hydrogen) atoms. The summed E-state index contributed by atoms with van der Waals surface area (Å²) >= 11 is 5.96. The summed E-state index contributed by atoms with van der Waals surface area (Å²) in [6.07, 6.45) is 2.49. The molecule has 1 nitrogen and oxygen atoms in total. The number of nitrogens with one attached hydrogen (secondary N) is 1. The van der Waals surface area contributed by atoms with Crippen LogP contribution in [0.25, 0.3) is 0 Å². The summed E-state index contributed by atoms with van der Waals surface area (Å²) in [4.78, 5) is 0. The molecule has 1 aliphatic heterocycles. The molecule has 0 amide bonds. The van der Waals surface area contributed by atoms with Gasteiger partial charge in [-0.15, -0.1) is 11.6 Å². The van der Waals surface area contributed by atoms with Crippen molar-refractivity contribution >= 4 is 11.6 Å². The first-order valence-corrected chi connectivity index (χ1v) is 3.98. The van der Waals surface area contributed by atoms with Crippen LogP contribution in [0.15, 0.2) is 0 Å². The molecule has 54 valence electrons. The molecular formula is C7H14ClN. The van der Waals surface area contributed by atoms with E-state index in [0.717, 1.165) is 6.54 Å². The molecule has 1 fully saturated rings. The molecule has 2 atom stereocenters. The first-order valence-electron chi connectivity index (χ1n) is 3.54. The van der Waals surface area contributed by atoms with Crippen molar-refractivity contribution in [3.63, 3.8) is 0 Å². The van der Waals surface area contributed by atoms with Crippen molar-refractivity contribution < 1.29 is 0 Å². The largest absolute Gasteiger partial charge is 0.310 e. The highest BCUT2D eigenvalue weighted by molar-refractivity contribution is 6.21. The van der Waals surface area contributed by atoms with E-state index in [0.29, 0.717) is 0 Å². The Hall–Kier alpha value is 0.250. The quantitative estimate of drug-likeness (QED) is 0.558. The maximum absolute atomic E-state index is 5.96. The van der Waals surface area contributed by atoms with Gasteiger partial charge in [-0.3, -0.25) is 0 Å². The third kappa shape index (κ3) is 1.39. The lowest BCUT2D eigenvalue weighted by Gasteiger charge is -2.26. The summed E-state index contributed by atoms with van der Waals surface area (Å²) in [5.74, 6) is 0. The predicted molar refractivity (Wildman–Crippen MR) is 41.0 cm³/mol. The van der Waals surface area contributed by atoms with Gasteiger partial charge < -0.3 is 5.32 Å². The zero-order valence-corrected chi connectivity index (χ0v) is 6.83. The number of hydrogen-bond acceptors (Lipinski definition) is 1. The summed E-state index contributed by atoms with van der Waals surface area (Å²) in [5, 5.41) is 3.65. The molecule has 2 heteroatoms. The van der Waals surface area contributed by atoms with Crippen LogP contribution in [0.2, 0.25) is 0 Å². The lowest BCUT2D eigenvalue weighted by atomic mass is 9.97. The number of rotatable bonds is 1. The molecule has 2 unspecified atom stereocenters. The van der Waals surface area contributed by atoms with Crippen LogP contribution in [0, 0.1) is 0 Å². The lowest BCUT2D eigenvalue weighted by Crippen LogP contribution is -2.43. The second-order valence-electron chi connectivity index (χ2n) is 3.06. The molecule has 1 N–H and O–H groups in total. The lowest BCUT2D eigenvalue weighted by molar-refractivity contribution is 0.408. The molecule has 0 bridgehead atoms. The third-order valence-electron chi connectivity index (χ3n) is 2.28. The number of alkyl halides is 1. The van der Waals surface area contributed by atoms with Crippen molar-refractivity contribution in [2.75, 3.05) is 6.54 Å². The second-order valence-corrected chi connectivity index (χ2v) is 3.72. The highest BCUT2D eigenvalue weighted by Crippen LogP contribution is 2.25. The van der Waals surface area contributed by atoms with E-state index in [1.165, 1.54) is 12.8 Å². The Labute approximate surface area is 61.8 Å².